The van der Waals surface area contributed by atoms with Gasteiger partial charge in [-0.1, -0.05) is 18.0 Å². The Balaban J connectivity index is 1.08. The Hall–Kier alpha value is -2.77. The van der Waals surface area contributed by atoms with Gasteiger partial charge in [-0.05, 0) is 95.8 Å². The second-order valence-electron chi connectivity index (χ2n) is 12.2. The summed E-state index contributed by atoms with van der Waals surface area (Å²) in [5, 5.41) is 12.3. The number of carbonyl (C=O) groups is 1. The minimum Gasteiger partial charge on any atom is -0.477 e. The molecule has 0 spiro atoms. The average molecular weight is 640 g/mol. The number of carbonyl (C=O) groups excluding carboxylic acids is 1. The Morgan fingerprint density at radius 2 is 2.05 bits per heavy atom. The zero-order valence-corrected chi connectivity index (χ0v) is 26.1. The first-order valence-corrected chi connectivity index (χ1v) is 15.7. The van der Waals surface area contributed by atoms with Gasteiger partial charge < -0.3 is 10.1 Å². The summed E-state index contributed by atoms with van der Waals surface area (Å²) in [7, 11) is 0. The zero-order chi connectivity index (χ0) is 30.8. The molecule has 3 aromatic rings. The predicted molar refractivity (Wildman–Crippen MR) is 159 cm³/mol. The summed E-state index contributed by atoms with van der Waals surface area (Å²) in [6, 6.07) is 4.66. The van der Waals surface area contributed by atoms with Crippen molar-refractivity contribution in [1.29, 1.82) is 0 Å². The highest BCUT2D eigenvalue weighted by Crippen LogP contribution is 2.59. The highest BCUT2D eigenvalue weighted by molar-refractivity contribution is 7.98. The van der Waals surface area contributed by atoms with Gasteiger partial charge in [-0.15, -0.1) is 5.10 Å². The van der Waals surface area contributed by atoms with E-state index in [9.17, 15) is 18.0 Å². The fourth-order valence-electron chi connectivity index (χ4n) is 5.51. The second kappa shape index (κ2) is 12.7. The van der Waals surface area contributed by atoms with Crippen molar-refractivity contribution in [3.8, 4) is 11.7 Å². The molecule has 14 heteroatoms. The number of halogens is 4. The molecule has 43 heavy (non-hydrogen) atoms. The van der Waals surface area contributed by atoms with Crippen LogP contribution in [0.5, 0.6) is 5.88 Å². The summed E-state index contributed by atoms with van der Waals surface area (Å²) < 4.78 is 50.9. The number of hydrogen-bond acceptors (Lipinski definition) is 7. The molecule has 2 aliphatic rings. The van der Waals surface area contributed by atoms with Crippen LogP contribution in [-0.4, -0.2) is 55.3 Å². The lowest BCUT2D eigenvalue weighted by atomic mass is 9.93. The van der Waals surface area contributed by atoms with Crippen LogP contribution in [-0.2, 0) is 6.54 Å². The molecule has 234 valence electrons. The van der Waals surface area contributed by atoms with Crippen molar-refractivity contribution < 1.29 is 22.7 Å². The number of hydrogen-bond donors (Lipinski definition) is 2. The lowest BCUT2D eigenvalue weighted by molar-refractivity contribution is -0.190. The zero-order valence-electron chi connectivity index (χ0n) is 24.5. The molecule has 1 saturated heterocycles. The van der Waals surface area contributed by atoms with Crippen LogP contribution in [0.1, 0.15) is 74.8 Å². The normalized spacial score (nSPS) is 19.0. The van der Waals surface area contributed by atoms with Gasteiger partial charge >= 0.3 is 6.18 Å². The fourth-order valence-corrected chi connectivity index (χ4v) is 6.41. The molecule has 1 atom stereocenters. The summed E-state index contributed by atoms with van der Waals surface area (Å²) in [6.45, 7) is 8.33. The molecule has 1 unspecified atom stereocenters. The van der Waals surface area contributed by atoms with E-state index in [1.54, 1.807) is 24.5 Å². The van der Waals surface area contributed by atoms with Crippen LogP contribution in [0.25, 0.3) is 5.82 Å². The Morgan fingerprint density at radius 1 is 1.26 bits per heavy atom. The van der Waals surface area contributed by atoms with Crippen LogP contribution in [0, 0.1) is 18.3 Å². The predicted octanol–water partition coefficient (Wildman–Crippen LogP) is 6.53. The van der Waals surface area contributed by atoms with E-state index < -0.39 is 17.5 Å². The number of aromatic nitrogens is 5. The van der Waals surface area contributed by atoms with Crippen molar-refractivity contribution >= 4 is 29.5 Å². The van der Waals surface area contributed by atoms with Gasteiger partial charge in [0.2, 0.25) is 5.88 Å². The average Bonchev–Trinajstić information content (AvgIpc) is 3.27. The standard InChI is InChI=1S/C29H37ClF3N7O2S/c1-19-22(18-35-39(19)13-5-4-6-20-16-27(2,3)34-17-20)43-38-26(41)21-7-8-23(36-25(21)30)40-14-9-24(37-40)42-15-12-28(10-11-28)29(31,32)33/h7-9,14,18,20,34H,4-6,10-13,15-17H2,1-3H3,(H,38,41). The lowest BCUT2D eigenvalue weighted by Gasteiger charge is -2.18. The highest BCUT2D eigenvalue weighted by atomic mass is 35.5. The van der Waals surface area contributed by atoms with E-state index in [1.807, 2.05) is 11.6 Å². The Morgan fingerprint density at radius 3 is 2.72 bits per heavy atom. The van der Waals surface area contributed by atoms with Crippen LogP contribution < -0.4 is 14.8 Å². The molecule has 5 rings (SSSR count). The molecule has 1 amide bonds. The van der Waals surface area contributed by atoms with E-state index in [1.165, 1.54) is 35.5 Å². The van der Waals surface area contributed by atoms with Gasteiger partial charge in [-0.2, -0.15) is 18.3 Å². The third kappa shape index (κ3) is 7.66. The quantitative estimate of drug-likeness (QED) is 0.125. The van der Waals surface area contributed by atoms with Crippen LogP contribution in [0.3, 0.4) is 0 Å². The number of pyridine rings is 1. The molecule has 0 aromatic carbocycles. The number of aryl methyl sites for hydroxylation is 1. The van der Waals surface area contributed by atoms with E-state index in [4.69, 9.17) is 16.3 Å². The molecule has 1 aliphatic heterocycles. The fraction of sp³-hybridized carbons (Fsp3) is 0.586. The first-order valence-electron chi connectivity index (χ1n) is 14.5. The van der Waals surface area contributed by atoms with Gasteiger partial charge in [-0.25, -0.2) is 9.67 Å². The second-order valence-corrected chi connectivity index (χ2v) is 13.4. The van der Waals surface area contributed by atoms with Crippen molar-refractivity contribution in [2.24, 2.45) is 11.3 Å². The molecular formula is C29H37ClF3N7O2S. The maximum absolute atomic E-state index is 13.1. The largest absolute Gasteiger partial charge is 0.477 e. The van der Waals surface area contributed by atoms with Crippen LogP contribution in [0.4, 0.5) is 13.2 Å². The van der Waals surface area contributed by atoms with Gasteiger partial charge in [-0.3, -0.25) is 14.2 Å². The Kier molecular flexibility index (Phi) is 9.34. The van der Waals surface area contributed by atoms with E-state index >= 15 is 0 Å². The van der Waals surface area contributed by atoms with Crippen LogP contribution in [0.2, 0.25) is 5.15 Å². The summed E-state index contributed by atoms with van der Waals surface area (Å²) in [5.41, 5.74) is -0.203. The lowest BCUT2D eigenvalue weighted by Crippen LogP contribution is -2.31. The number of amides is 1. The first-order chi connectivity index (χ1) is 20.4. The van der Waals surface area contributed by atoms with E-state index in [0.717, 1.165) is 42.4 Å². The third-order valence-corrected chi connectivity index (χ3v) is 9.57. The number of nitrogens with zero attached hydrogens (tertiary/aromatic N) is 5. The van der Waals surface area contributed by atoms with Gasteiger partial charge in [0.25, 0.3) is 5.91 Å². The SMILES string of the molecule is Cc1c(SNC(=O)c2ccc(-n3ccc(OCCC4(C(F)(F)F)CC4)n3)nc2Cl)cnn1CCCCC1CNC(C)(C)C1. The number of unbranched alkanes of at least 4 members (excludes halogenated alkanes) is 1. The highest BCUT2D eigenvalue weighted by Gasteiger charge is 2.62. The minimum atomic E-state index is -4.21. The summed E-state index contributed by atoms with van der Waals surface area (Å²) in [4.78, 5) is 18.0. The van der Waals surface area contributed by atoms with E-state index in [0.29, 0.717) is 5.82 Å². The minimum absolute atomic E-state index is 0.0114. The molecule has 1 saturated carbocycles. The van der Waals surface area contributed by atoms with E-state index in [-0.39, 0.29) is 48.0 Å². The molecule has 2 N–H and O–H groups in total. The molecule has 0 radical (unpaired) electrons. The molecule has 1 aliphatic carbocycles. The van der Waals surface area contributed by atoms with Crippen molar-refractivity contribution in [3.05, 3.63) is 47.0 Å². The van der Waals surface area contributed by atoms with E-state index in [2.05, 4.69) is 39.1 Å². The van der Waals surface area contributed by atoms with Crippen molar-refractivity contribution in [2.45, 2.75) is 88.9 Å². The van der Waals surface area contributed by atoms with Crippen LogP contribution in [0.15, 0.2) is 35.5 Å². The maximum atomic E-state index is 13.1. The summed E-state index contributed by atoms with van der Waals surface area (Å²) in [5.74, 6) is 0.844. The molecule has 9 nitrogen and oxygen atoms in total. The van der Waals surface area contributed by atoms with Crippen LogP contribution >= 0.6 is 23.5 Å². The van der Waals surface area contributed by atoms with Crippen molar-refractivity contribution in [2.75, 3.05) is 13.2 Å². The number of alkyl halides is 3. The topological polar surface area (TPSA) is 98.9 Å². The molecule has 4 heterocycles. The molecular weight excluding hydrogens is 603 g/mol. The third-order valence-electron chi connectivity index (χ3n) is 8.38. The molecule has 2 fully saturated rings. The summed E-state index contributed by atoms with van der Waals surface area (Å²) >= 11 is 7.51. The number of nitrogens with one attached hydrogen (secondary N) is 2. The van der Waals surface area contributed by atoms with Gasteiger partial charge in [0.15, 0.2) is 5.82 Å². The first kappa shape index (κ1) is 31.6. The van der Waals surface area contributed by atoms with Crippen molar-refractivity contribution in [1.82, 2.24) is 34.6 Å². The molecule has 3 aromatic heterocycles. The number of ether oxygens (including phenoxy) is 1. The van der Waals surface area contributed by atoms with Crippen molar-refractivity contribution in [3.63, 3.8) is 0 Å². The van der Waals surface area contributed by atoms with Gasteiger partial charge in [0.05, 0.1) is 34.4 Å². The monoisotopic (exact) mass is 639 g/mol. The summed E-state index contributed by atoms with van der Waals surface area (Å²) in [6.07, 6.45) is 3.89. The Labute approximate surface area is 258 Å². The molecule has 0 bridgehead atoms. The Bertz CT molecular complexity index is 1440. The maximum Gasteiger partial charge on any atom is 0.394 e. The van der Waals surface area contributed by atoms with Gasteiger partial charge in [0, 0.05) is 24.3 Å². The van der Waals surface area contributed by atoms with Gasteiger partial charge in [0.1, 0.15) is 5.15 Å². The number of rotatable bonds is 13. The smallest absolute Gasteiger partial charge is 0.394 e.